The molecule has 0 fully saturated rings. The van der Waals surface area contributed by atoms with E-state index in [4.69, 9.17) is 0 Å². The standard InChI is InChI=1S/C2H2BrN3.BrH/c3-2-4-1-5-6-2;/h1H,(H,4,5,6);1H. The van der Waals surface area contributed by atoms with E-state index in [2.05, 4.69) is 31.1 Å². The van der Waals surface area contributed by atoms with Crippen LogP contribution < -0.4 is 0 Å². The van der Waals surface area contributed by atoms with Crippen molar-refractivity contribution >= 4 is 32.9 Å². The molecule has 0 aromatic carbocycles. The molecule has 0 spiro atoms. The van der Waals surface area contributed by atoms with Crippen molar-refractivity contribution in [2.24, 2.45) is 0 Å². The summed E-state index contributed by atoms with van der Waals surface area (Å²) in [6.07, 6.45) is 1.43. The summed E-state index contributed by atoms with van der Waals surface area (Å²) in [5.41, 5.74) is 0. The van der Waals surface area contributed by atoms with Crippen LogP contribution in [-0.2, 0) is 0 Å². The summed E-state index contributed by atoms with van der Waals surface area (Å²) in [6.45, 7) is 0. The van der Waals surface area contributed by atoms with Gasteiger partial charge in [0, 0.05) is 0 Å². The topological polar surface area (TPSA) is 41.6 Å². The van der Waals surface area contributed by atoms with Gasteiger partial charge in [-0.25, -0.2) is 4.98 Å². The Kier molecular flexibility index (Phi) is 3.19. The van der Waals surface area contributed by atoms with Gasteiger partial charge in [-0.05, 0) is 15.9 Å². The molecule has 0 radical (unpaired) electrons. The molecule has 0 unspecified atom stereocenters. The van der Waals surface area contributed by atoms with Crippen LogP contribution in [0.1, 0.15) is 0 Å². The van der Waals surface area contributed by atoms with Crippen LogP contribution in [0.3, 0.4) is 0 Å². The molecule has 5 heteroatoms. The molecule has 0 saturated carbocycles. The number of nitrogens with one attached hydrogen (secondary N) is 1. The van der Waals surface area contributed by atoms with Crippen molar-refractivity contribution in [2.75, 3.05) is 0 Å². The highest BCUT2D eigenvalue weighted by molar-refractivity contribution is 9.10. The lowest BCUT2D eigenvalue weighted by Gasteiger charge is -1.63. The molecule has 1 aromatic heterocycles. The Hall–Kier alpha value is 0.1000. The highest BCUT2D eigenvalue weighted by atomic mass is 79.9. The number of hydrogen-bond acceptors (Lipinski definition) is 2. The quantitative estimate of drug-likeness (QED) is 0.724. The first-order chi connectivity index (χ1) is 2.89. The fourth-order valence-electron chi connectivity index (χ4n) is 0.191. The van der Waals surface area contributed by atoms with Gasteiger partial charge < -0.3 is 0 Å². The summed E-state index contributed by atoms with van der Waals surface area (Å²) in [7, 11) is 0. The number of H-pyrrole nitrogens is 1. The van der Waals surface area contributed by atoms with E-state index < -0.39 is 0 Å². The largest absolute Gasteiger partial charge is 0.254 e. The molecule has 7 heavy (non-hydrogen) atoms. The molecule has 3 nitrogen and oxygen atoms in total. The monoisotopic (exact) mass is 227 g/mol. The number of hydrogen-bond donors (Lipinski definition) is 1. The number of aromatic nitrogens is 3. The van der Waals surface area contributed by atoms with Gasteiger partial charge in [0.2, 0.25) is 0 Å². The first kappa shape index (κ1) is 7.10. The summed E-state index contributed by atoms with van der Waals surface area (Å²) in [4.78, 5) is 3.67. The highest BCUT2D eigenvalue weighted by Crippen LogP contribution is 1.92. The molecule has 1 rings (SSSR count). The maximum absolute atomic E-state index is 3.67. The maximum atomic E-state index is 3.67. The fraction of sp³-hybridized carbons (Fsp3) is 0. The van der Waals surface area contributed by atoms with Gasteiger partial charge in [-0.2, -0.15) is 5.10 Å². The van der Waals surface area contributed by atoms with Gasteiger partial charge in [0.05, 0.1) is 0 Å². The average molecular weight is 229 g/mol. The van der Waals surface area contributed by atoms with Crippen molar-refractivity contribution in [1.82, 2.24) is 15.2 Å². The zero-order valence-corrected chi connectivity index (χ0v) is 6.56. The second kappa shape index (κ2) is 3.15. The van der Waals surface area contributed by atoms with Crippen molar-refractivity contribution in [3.8, 4) is 0 Å². The lowest BCUT2D eigenvalue weighted by atomic mass is 11.3. The third-order valence-electron chi connectivity index (χ3n) is 0.386. The lowest BCUT2D eigenvalue weighted by molar-refractivity contribution is 1.07. The molecule has 40 valence electrons. The van der Waals surface area contributed by atoms with Crippen LogP contribution in [-0.4, -0.2) is 15.2 Å². The third-order valence-corrected chi connectivity index (χ3v) is 0.768. The van der Waals surface area contributed by atoms with Crippen molar-refractivity contribution in [1.29, 1.82) is 0 Å². The van der Waals surface area contributed by atoms with Crippen LogP contribution in [0.15, 0.2) is 11.1 Å². The van der Waals surface area contributed by atoms with Gasteiger partial charge >= 0.3 is 0 Å². The van der Waals surface area contributed by atoms with Gasteiger partial charge in [-0.3, -0.25) is 5.10 Å². The van der Waals surface area contributed by atoms with Crippen molar-refractivity contribution in [3.05, 3.63) is 11.1 Å². The number of aromatic amines is 1. The second-order valence-corrected chi connectivity index (χ2v) is 1.53. The van der Waals surface area contributed by atoms with E-state index in [1.54, 1.807) is 0 Å². The summed E-state index contributed by atoms with van der Waals surface area (Å²) in [6, 6.07) is 0. The van der Waals surface area contributed by atoms with Crippen LogP contribution in [0.25, 0.3) is 0 Å². The molecule has 0 atom stereocenters. The van der Waals surface area contributed by atoms with Crippen LogP contribution >= 0.6 is 32.9 Å². The zero-order valence-electron chi connectivity index (χ0n) is 3.26. The Morgan fingerprint density at radius 1 is 1.71 bits per heavy atom. The number of halogens is 2. The summed E-state index contributed by atoms with van der Waals surface area (Å²) >= 11 is 3.05. The van der Waals surface area contributed by atoms with E-state index >= 15 is 0 Å². The number of rotatable bonds is 0. The molecular weight excluding hydrogens is 226 g/mol. The predicted octanol–water partition coefficient (Wildman–Crippen LogP) is 1.15. The smallest absolute Gasteiger partial charge is 0.192 e. The highest BCUT2D eigenvalue weighted by Gasteiger charge is 1.78. The van der Waals surface area contributed by atoms with E-state index in [1.807, 2.05) is 0 Å². The van der Waals surface area contributed by atoms with Gasteiger partial charge in [-0.1, -0.05) is 0 Å². The number of nitrogens with zero attached hydrogens (tertiary/aromatic N) is 2. The molecule has 0 bridgehead atoms. The molecule has 0 saturated heterocycles. The molecule has 0 aliphatic carbocycles. The SMILES string of the molecule is Br.Brc1ncn[nH]1. The van der Waals surface area contributed by atoms with Crippen LogP contribution in [0.4, 0.5) is 0 Å². The van der Waals surface area contributed by atoms with Gasteiger partial charge in [0.1, 0.15) is 6.33 Å². The van der Waals surface area contributed by atoms with E-state index in [0.717, 1.165) is 0 Å². The Labute approximate surface area is 59.4 Å². The average Bonchev–Trinajstić information content (AvgIpc) is 1.86. The van der Waals surface area contributed by atoms with Crippen LogP contribution in [0, 0.1) is 0 Å². The molecule has 0 aliphatic heterocycles. The molecule has 1 N–H and O–H groups in total. The minimum absolute atomic E-state index is 0. The first-order valence-corrected chi connectivity index (χ1v) is 2.20. The summed E-state index contributed by atoms with van der Waals surface area (Å²) < 4.78 is 0.669. The molecule has 0 aliphatic rings. The minimum Gasteiger partial charge on any atom is -0.254 e. The van der Waals surface area contributed by atoms with Gasteiger partial charge in [-0.15, -0.1) is 17.0 Å². The Balaban J connectivity index is 0.000000360. The van der Waals surface area contributed by atoms with Crippen molar-refractivity contribution < 1.29 is 0 Å². The van der Waals surface area contributed by atoms with E-state index in [9.17, 15) is 0 Å². The van der Waals surface area contributed by atoms with Gasteiger partial charge in [0.15, 0.2) is 4.73 Å². The van der Waals surface area contributed by atoms with Crippen LogP contribution in [0.2, 0.25) is 0 Å². The molecule has 1 heterocycles. The molecule has 1 aromatic rings. The van der Waals surface area contributed by atoms with Crippen molar-refractivity contribution in [3.63, 3.8) is 0 Å². The first-order valence-electron chi connectivity index (χ1n) is 1.40. The van der Waals surface area contributed by atoms with Crippen LogP contribution in [0.5, 0.6) is 0 Å². The van der Waals surface area contributed by atoms with E-state index in [1.165, 1.54) is 6.33 Å². The fourth-order valence-corrected chi connectivity index (χ4v) is 0.385. The van der Waals surface area contributed by atoms with Gasteiger partial charge in [0.25, 0.3) is 0 Å². The minimum atomic E-state index is 0. The van der Waals surface area contributed by atoms with E-state index in [-0.39, 0.29) is 17.0 Å². The molecular formula is C2H3Br2N3. The Morgan fingerprint density at radius 2 is 2.43 bits per heavy atom. The van der Waals surface area contributed by atoms with Crippen molar-refractivity contribution in [2.45, 2.75) is 0 Å². The summed E-state index contributed by atoms with van der Waals surface area (Å²) in [5, 5.41) is 6.09. The lowest BCUT2D eigenvalue weighted by Crippen LogP contribution is -1.61. The second-order valence-electron chi connectivity index (χ2n) is 0.776. The third kappa shape index (κ3) is 2.03. The van der Waals surface area contributed by atoms with E-state index in [0.29, 0.717) is 4.73 Å². The molecule has 0 amide bonds. The zero-order chi connectivity index (χ0) is 4.41. The maximum Gasteiger partial charge on any atom is 0.192 e. The Morgan fingerprint density at radius 3 is 2.57 bits per heavy atom. The summed E-state index contributed by atoms with van der Waals surface area (Å²) in [5.74, 6) is 0. The Bertz CT molecular complexity index is 114. The predicted molar refractivity (Wildman–Crippen MR) is 34.4 cm³/mol. The normalized spacial score (nSPS) is 7.57.